The number of benzene rings is 2. The minimum Gasteiger partial charge on any atom is -0.378 e. The molecule has 0 saturated heterocycles. The Morgan fingerprint density at radius 1 is 0.947 bits per heavy atom. The molecule has 2 aromatic carbocycles. The number of anilines is 1. The van der Waals surface area contributed by atoms with E-state index < -0.39 is 0 Å². The molecule has 2 rings (SSSR count). The molecule has 0 spiro atoms. The molecular weight excluding hydrogens is 254 g/mol. The van der Waals surface area contributed by atoms with Crippen LogP contribution in [0.1, 0.15) is 35.2 Å². The summed E-state index contributed by atoms with van der Waals surface area (Å²) in [4.78, 5) is 0. The van der Waals surface area contributed by atoms with Gasteiger partial charge in [0.2, 0.25) is 0 Å². The molecule has 0 bridgehead atoms. The maximum atomic E-state index is 5.99. The molecule has 0 amide bonds. The first-order chi connectivity index (χ1) is 8.97. The second-order valence-electron chi connectivity index (χ2n) is 5.19. The molecule has 2 aromatic rings. The zero-order valence-corrected chi connectivity index (χ0v) is 12.7. The fraction of sp³-hybridized carbons (Fsp3) is 0.294. The fourth-order valence-electron chi connectivity index (χ4n) is 2.33. The smallest absolute Gasteiger partial charge is 0.0488 e. The molecule has 1 atom stereocenters. The summed E-state index contributed by atoms with van der Waals surface area (Å²) in [7, 11) is 0. The minimum atomic E-state index is 0.278. The molecule has 0 aliphatic heterocycles. The van der Waals surface area contributed by atoms with Crippen LogP contribution in [-0.4, -0.2) is 0 Å². The molecule has 0 aliphatic rings. The van der Waals surface area contributed by atoms with Gasteiger partial charge >= 0.3 is 0 Å². The number of rotatable bonds is 3. The molecule has 1 N–H and O–H groups in total. The summed E-state index contributed by atoms with van der Waals surface area (Å²) in [5.41, 5.74) is 6.26. The van der Waals surface area contributed by atoms with E-state index in [-0.39, 0.29) is 6.04 Å². The predicted molar refractivity (Wildman–Crippen MR) is 84.1 cm³/mol. The van der Waals surface area contributed by atoms with Gasteiger partial charge in [-0.3, -0.25) is 0 Å². The molecule has 0 aliphatic carbocycles. The van der Waals surface area contributed by atoms with Crippen LogP contribution in [0.25, 0.3) is 0 Å². The van der Waals surface area contributed by atoms with Crippen molar-refractivity contribution < 1.29 is 0 Å². The third-order valence-electron chi connectivity index (χ3n) is 3.46. The molecule has 100 valence electrons. The van der Waals surface area contributed by atoms with Gasteiger partial charge in [0.25, 0.3) is 0 Å². The third-order valence-corrected chi connectivity index (χ3v) is 3.70. The summed E-state index contributed by atoms with van der Waals surface area (Å²) in [5, 5.41) is 4.34. The van der Waals surface area contributed by atoms with Crippen molar-refractivity contribution in [1.82, 2.24) is 0 Å². The van der Waals surface area contributed by atoms with Crippen LogP contribution in [0, 0.1) is 20.8 Å². The van der Waals surface area contributed by atoms with Crippen molar-refractivity contribution in [2.45, 2.75) is 33.7 Å². The van der Waals surface area contributed by atoms with Gasteiger partial charge in [0, 0.05) is 16.8 Å². The van der Waals surface area contributed by atoms with Gasteiger partial charge in [-0.15, -0.1) is 0 Å². The molecule has 1 unspecified atom stereocenters. The number of hydrogen-bond donors (Lipinski definition) is 1. The van der Waals surface area contributed by atoms with Crippen LogP contribution in [0.15, 0.2) is 36.4 Å². The van der Waals surface area contributed by atoms with Gasteiger partial charge in [-0.25, -0.2) is 0 Å². The lowest BCUT2D eigenvalue weighted by Crippen LogP contribution is -2.09. The van der Waals surface area contributed by atoms with Crippen molar-refractivity contribution in [1.29, 1.82) is 0 Å². The molecule has 2 heteroatoms. The first kappa shape index (κ1) is 14.0. The predicted octanol–water partition coefficient (Wildman–Crippen LogP) is 5.44. The standard InChI is InChI=1S/C17H20ClN/c1-11-5-6-12(2)16(9-11)14(4)19-17-8-7-15(18)10-13(17)3/h5-10,14,19H,1-4H3. The summed E-state index contributed by atoms with van der Waals surface area (Å²) in [6.45, 7) is 8.55. The quantitative estimate of drug-likeness (QED) is 0.785. The van der Waals surface area contributed by atoms with Crippen molar-refractivity contribution >= 4 is 17.3 Å². The Morgan fingerprint density at radius 3 is 2.37 bits per heavy atom. The van der Waals surface area contributed by atoms with Crippen LogP contribution in [0.4, 0.5) is 5.69 Å². The van der Waals surface area contributed by atoms with E-state index in [1.807, 2.05) is 18.2 Å². The largest absolute Gasteiger partial charge is 0.378 e. The van der Waals surface area contributed by atoms with Crippen molar-refractivity contribution in [3.63, 3.8) is 0 Å². The first-order valence-corrected chi connectivity index (χ1v) is 6.95. The van der Waals surface area contributed by atoms with Gasteiger partial charge in [-0.05, 0) is 62.6 Å². The number of hydrogen-bond acceptors (Lipinski definition) is 1. The number of halogens is 1. The zero-order valence-electron chi connectivity index (χ0n) is 11.9. The lowest BCUT2D eigenvalue weighted by atomic mass is 9.99. The Morgan fingerprint density at radius 2 is 1.68 bits per heavy atom. The van der Waals surface area contributed by atoms with E-state index in [0.717, 1.165) is 10.7 Å². The van der Waals surface area contributed by atoms with E-state index in [2.05, 4.69) is 51.2 Å². The molecule has 0 fully saturated rings. The SMILES string of the molecule is Cc1ccc(C)c(C(C)Nc2ccc(Cl)cc2C)c1. The second-order valence-corrected chi connectivity index (χ2v) is 5.62. The Bertz CT molecular complexity index is 590. The van der Waals surface area contributed by atoms with Gasteiger partial charge < -0.3 is 5.32 Å². The van der Waals surface area contributed by atoms with Crippen LogP contribution in [0.2, 0.25) is 5.02 Å². The number of aryl methyl sites for hydroxylation is 3. The summed E-state index contributed by atoms with van der Waals surface area (Å²) in [6.07, 6.45) is 0. The van der Waals surface area contributed by atoms with Crippen LogP contribution < -0.4 is 5.32 Å². The van der Waals surface area contributed by atoms with E-state index in [0.29, 0.717) is 0 Å². The van der Waals surface area contributed by atoms with E-state index >= 15 is 0 Å². The second kappa shape index (κ2) is 5.66. The summed E-state index contributed by atoms with van der Waals surface area (Å²) in [6, 6.07) is 12.8. The topological polar surface area (TPSA) is 12.0 Å². The third kappa shape index (κ3) is 3.30. The summed E-state index contributed by atoms with van der Waals surface area (Å²) < 4.78 is 0. The van der Waals surface area contributed by atoms with Gasteiger partial charge in [0.1, 0.15) is 0 Å². The van der Waals surface area contributed by atoms with Crippen LogP contribution >= 0.6 is 11.6 Å². The number of nitrogens with one attached hydrogen (secondary N) is 1. The highest BCUT2D eigenvalue weighted by atomic mass is 35.5. The van der Waals surface area contributed by atoms with Crippen molar-refractivity contribution in [2.24, 2.45) is 0 Å². The van der Waals surface area contributed by atoms with Crippen molar-refractivity contribution in [3.8, 4) is 0 Å². The van der Waals surface area contributed by atoms with Crippen LogP contribution in [0.3, 0.4) is 0 Å². The minimum absolute atomic E-state index is 0.278. The molecular formula is C17H20ClN. The average Bonchev–Trinajstić information content (AvgIpc) is 2.35. The average molecular weight is 274 g/mol. The molecule has 0 radical (unpaired) electrons. The van der Waals surface area contributed by atoms with Gasteiger partial charge in [0.15, 0.2) is 0 Å². The highest BCUT2D eigenvalue weighted by Crippen LogP contribution is 2.26. The lowest BCUT2D eigenvalue weighted by molar-refractivity contribution is 0.870. The maximum Gasteiger partial charge on any atom is 0.0488 e. The van der Waals surface area contributed by atoms with E-state index in [9.17, 15) is 0 Å². The van der Waals surface area contributed by atoms with Crippen LogP contribution in [0.5, 0.6) is 0 Å². The highest BCUT2D eigenvalue weighted by molar-refractivity contribution is 6.30. The first-order valence-electron chi connectivity index (χ1n) is 6.57. The van der Waals surface area contributed by atoms with Gasteiger partial charge in [-0.1, -0.05) is 35.4 Å². The highest BCUT2D eigenvalue weighted by Gasteiger charge is 2.09. The molecule has 0 saturated carbocycles. The Balaban J connectivity index is 2.25. The maximum absolute atomic E-state index is 5.99. The van der Waals surface area contributed by atoms with E-state index in [4.69, 9.17) is 11.6 Å². The normalized spacial score (nSPS) is 12.3. The molecule has 19 heavy (non-hydrogen) atoms. The fourth-order valence-corrected chi connectivity index (χ4v) is 2.55. The van der Waals surface area contributed by atoms with E-state index in [1.165, 1.54) is 22.3 Å². The van der Waals surface area contributed by atoms with Crippen molar-refractivity contribution in [3.05, 3.63) is 63.7 Å². The Kier molecular flexibility index (Phi) is 4.16. The Hall–Kier alpha value is -1.47. The molecule has 1 nitrogen and oxygen atoms in total. The van der Waals surface area contributed by atoms with Crippen molar-refractivity contribution in [2.75, 3.05) is 5.32 Å². The summed E-state index contributed by atoms with van der Waals surface area (Å²) in [5.74, 6) is 0. The van der Waals surface area contributed by atoms with E-state index in [1.54, 1.807) is 0 Å². The van der Waals surface area contributed by atoms with Gasteiger partial charge in [0.05, 0.1) is 0 Å². The molecule has 0 aromatic heterocycles. The van der Waals surface area contributed by atoms with Crippen LogP contribution in [-0.2, 0) is 0 Å². The summed E-state index contributed by atoms with van der Waals surface area (Å²) >= 11 is 5.99. The zero-order chi connectivity index (χ0) is 14.0. The monoisotopic (exact) mass is 273 g/mol. The molecule has 0 heterocycles. The van der Waals surface area contributed by atoms with Gasteiger partial charge in [-0.2, -0.15) is 0 Å². The Labute approximate surface area is 120 Å². The lowest BCUT2D eigenvalue weighted by Gasteiger charge is -2.20.